The molecule has 0 atom stereocenters. The first-order valence-electron chi connectivity index (χ1n) is 12.0. The normalized spacial score (nSPS) is 13.9. The highest BCUT2D eigenvalue weighted by Crippen LogP contribution is 2.49. The maximum Gasteiger partial charge on any atom is 0.178 e. The Morgan fingerprint density at radius 1 is 0.583 bits per heavy atom. The predicted molar refractivity (Wildman–Crippen MR) is 145 cm³/mol. The van der Waals surface area contributed by atoms with Gasteiger partial charge in [-0.3, -0.25) is 0 Å². The molecule has 0 bridgehead atoms. The molecule has 0 N–H and O–H groups in total. The van der Waals surface area contributed by atoms with Crippen LogP contribution in [-0.2, 0) is 5.60 Å². The lowest BCUT2D eigenvalue weighted by Crippen LogP contribution is -2.35. The largest absolute Gasteiger partial charge is 0.497 e. The highest BCUT2D eigenvalue weighted by atomic mass is 16.5. The van der Waals surface area contributed by atoms with E-state index in [-0.39, 0.29) is 0 Å². The van der Waals surface area contributed by atoms with Crippen LogP contribution in [0.15, 0.2) is 121 Å². The average Bonchev–Trinajstić information content (AvgIpc) is 2.97. The number of ether oxygens (including phenoxy) is 3. The third-order valence-corrected chi connectivity index (χ3v) is 6.90. The fraction of sp³-hybridized carbons (Fsp3) is 0.0909. The number of hydrogen-bond acceptors (Lipinski definition) is 3. The summed E-state index contributed by atoms with van der Waals surface area (Å²) < 4.78 is 18.1. The van der Waals surface area contributed by atoms with E-state index in [2.05, 4.69) is 91.0 Å². The van der Waals surface area contributed by atoms with Crippen molar-refractivity contribution in [2.75, 3.05) is 14.2 Å². The monoisotopic (exact) mass is 470 g/mol. The highest BCUT2D eigenvalue weighted by molar-refractivity contribution is 5.97. The first-order valence-corrected chi connectivity index (χ1v) is 12.0. The van der Waals surface area contributed by atoms with Crippen molar-refractivity contribution in [2.45, 2.75) is 5.60 Å². The third kappa shape index (κ3) is 3.61. The Labute approximate surface area is 211 Å². The second-order valence-electron chi connectivity index (χ2n) is 8.88. The molecule has 0 radical (unpaired) electrons. The summed E-state index contributed by atoms with van der Waals surface area (Å²) in [6, 6.07) is 39.5. The minimum absolute atomic E-state index is 0.803. The van der Waals surface area contributed by atoms with Gasteiger partial charge in [0.15, 0.2) is 5.60 Å². The van der Waals surface area contributed by atoms with E-state index in [9.17, 15) is 0 Å². The van der Waals surface area contributed by atoms with Crippen molar-refractivity contribution in [1.29, 1.82) is 0 Å². The molecule has 0 amide bonds. The van der Waals surface area contributed by atoms with Gasteiger partial charge >= 0.3 is 0 Å². The Morgan fingerprint density at radius 2 is 1.17 bits per heavy atom. The van der Waals surface area contributed by atoms with Gasteiger partial charge in [0.1, 0.15) is 17.2 Å². The van der Waals surface area contributed by atoms with Crippen LogP contribution < -0.4 is 14.2 Å². The molecule has 176 valence electrons. The summed E-state index contributed by atoms with van der Waals surface area (Å²) in [5.74, 6) is 2.48. The molecule has 3 heteroatoms. The maximum absolute atomic E-state index is 7.15. The summed E-state index contributed by atoms with van der Waals surface area (Å²) in [4.78, 5) is 0. The second-order valence-corrected chi connectivity index (χ2v) is 8.88. The van der Waals surface area contributed by atoms with Gasteiger partial charge in [0, 0.05) is 22.1 Å². The Hall–Kier alpha value is -4.50. The number of benzene rings is 5. The van der Waals surface area contributed by atoms with Crippen LogP contribution in [0.4, 0.5) is 0 Å². The average molecular weight is 471 g/mol. The van der Waals surface area contributed by atoms with E-state index in [1.807, 2.05) is 30.3 Å². The summed E-state index contributed by atoms with van der Waals surface area (Å²) in [6.45, 7) is 0. The fourth-order valence-corrected chi connectivity index (χ4v) is 5.02. The summed E-state index contributed by atoms with van der Waals surface area (Å²) in [5.41, 5.74) is 4.53. The molecule has 0 spiro atoms. The minimum atomic E-state index is -0.860. The third-order valence-electron chi connectivity index (χ3n) is 6.90. The van der Waals surface area contributed by atoms with Crippen molar-refractivity contribution in [1.82, 2.24) is 0 Å². The number of hydrogen-bond donors (Lipinski definition) is 0. The molecule has 0 aromatic heterocycles. The molecule has 6 rings (SSSR count). The summed E-state index contributed by atoms with van der Waals surface area (Å²) >= 11 is 0. The van der Waals surface area contributed by atoms with Crippen LogP contribution in [0.25, 0.3) is 16.3 Å². The van der Waals surface area contributed by atoms with Crippen molar-refractivity contribution in [2.24, 2.45) is 0 Å². The molecule has 5 aromatic rings. The molecular weight excluding hydrogens is 444 g/mol. The van der Waals surface area contributed by atoms with Crippen LogP contribution in [-0.4, -0.2) is 14.2 Å². The molecule has 1 aliphatic rings. The first kappa shape index (κ1) is 22.0. The zero-order valence-electron chi connectivity index (χ0n) is 20.3. The quantitative estimate of drug-likeness (QED) is 0.264. The lowest BCUT2D eigenvalue weighted by atomic mass is 9.79. The first-order chi connectivity index (χ1) is 17.7. The fourth-order valence-electron chi connectivity index (χ4n) is 5.02. The number of rotatable bonds is 5. The Balaban J connectivity index is 1.68. The molecule has 5 aromatic carbocycles. The lowest BCUT2D eigenvalue weighted by Gasteiger charge is -2.39. The zero-order valence-corrected chi connectivity index (χ0v) is 20.3. The minimum Gasteiger partial charge on any atom is -0.497 e. The van der Waals surface area contributed by atoms with Gasteiger partial charge in [0.2, 0.25) is 0 Å². The molecule has 0 unspecified atom stereocenters. The highest BCUT2D eigenvalue weighted by Gasteiger charge is 2.40. The van der Waals surface area contributed by atoms with E-state index < -0.39 is 5.60 Å². The van der Waals surface area contributed by atoms with Crippen LogP contribution in [0, 0.1) is 0 Å². The van der Waals surface area contributed by atoms with Crippen LogP contribution in [0.5, 0.6) is 17.2 Å². The predicted octanol–water partition coefficient (Wildman–Crippen LogP) is 7.62. The molecule has 0 saturated heterocycles. The van der Waals surface area contributed by atoms with E-state index in [0.717, 1.165) is 55.8 Å². The van der Waals surface area contributed by atoms with Crippen molar-refractivity contribution in [3.05, 3.63) is 144 Å². The Kier molecular flexibility index (Phi) is 5.46. The van der Waals surface area contributed by atoms with Crippen LogP contribution >= 0.6 is 0 Å². The number of fused-ring (bicyclic) bond motifs is 3. The van der Waals surface area contributed by atoms with E-state index in [0.29, 0.717) is 0 Å². The smallest absolute Gasteiger partial charge is 0.178 e. The van der Waals surface area contributed by atoms with Gasteiger partial charge in [-0.15, -0.1) is 0 Å². The molecule has 1 aliphatic heterocycles. The van der Waals surface area contributed by atoms with E-state index in [1.54, 1.807) is 14.2 Å². The van der Waals surface area contributed by atoms with Gasteiger partial charge in [-0.1, -0.05) is 84.9 Å². The van der Waals surface area contributed by atoms with Crippen LogP contribution in [0.2, 0.25) is 0 Å². The van der Waals surface area contributed by atoms with Gasteiger partial charge in [-0.25, -0.2) is 0 Å². The number of methoxy groups -OCH3 is 2. The van der Waals surface area contributed by atoms with Gasteiger partial charge < -0.3 is 14.2 Å². The molecule has 3 nitrogen and oxygen atoms in total. The summed E-state index contributed by atoms with van der Waals surface area (Å²) in [6.07, 6.45) is 2.25. The topological polar surface area (TPSA) is 27.7 Å². The molecule has 36 heavy (non-hydrogen) atoms. The van der Waals surface area contributed by atoms with Crippen LogP contribution in [0.1, 0.15) is 22.3 Å². The molecule has 0 saturated carbocycles. The second kappa shape index (κ2) is 8.94. The summed E-state index contributed by atoms with van der Waals surface area (Å²) in [7, 11) is 3.36. The molecule has 0 fully saturated rings. The van der Waals surface area contributed by atoms with Gasteiger partial charge in [0.05, 0.1) is 14.2 Å². The summed E-state index contributed by atoms with van der Waals surface area (Å²) in [5, 5.41) is 2.23. The Bertz CT molecular complexity index is 1500. The maximum atomic E-state index is 7.15. The standard InChI is InChI=1S/C33H26O3/c1-34-27-17-13-25(14-18-27)33(26-15-19-28(35-2)20-16-26)22-31(23-8-4-3-5-9-23)30-21-12-24-10-6-7-11-29(24)32(30)36-33/h3-22H,1-2H3. The molecular formula is C33H26O3. The van der Waals surface area contributed by atoms with Gasteiger partial charge in [-0.05, 0) is 52.9 Å². The Morgan fingerprint density at radius 3 is 1.78 bits per heavy atom. The van der Waals surface area contributed by atoms with Crippen LogP contribution in [0.3, 0.4) is 0 Å². The van der Waals surface area contributed by atoms with E-state index in [4.69, 9.17) is 14.2 Å². The van der Waals surface area contributed by atoms with E-state index in [1.165, 1.54) is 0 Å². The van der Waals surface area contributed by atoms with Crippen molar-refractivity contribution >= 4 is 16.3 Å². The van der Waals surface area contributed by atoms with Gasteiger partial charge in [-0.2, -0.15) is 0 Å². The van der Waals surface area contributed by atoms with Crippen molar-refractivity contribution in [3.63, 3.8) is 0 Å². The lowest BCUT2D eigenvalue weighted by molar-refractivity contribution is 0.162. The SMILES string of the molecule is COc1ccc(C2(c3ccc(OC)cc3)C=C(c3ccccc3)c3ccc4ccccc4c3O2)cc1. The van der Waals surface area contributed by atoms with Crippen molar-refractivity contribution < 1.29 is 14.2 Å². The van der Waals surface area contributed by atoms with Crippen molar-refractivity contribution in [3.8, 4) is 17.2 Å². The van der Waals surface area contributed by atoms with Gasteiger partial charge in [0.25, 0.3) is 0 Å². The molecule has 0 aliphatic carbocycles. The van der Waals surface area contributed by atoms with E-state index >= 15 is 0 Å². The zero-order chi connectivity index (χ0) is 24.5. The molecule has 1 heterocycles.